The van der Waals surface area contributed by atoms with Gasteiger partial charge >= 0.3 is 0 Å². The minimum Gasteiger partial charge on any atom is -0.0990 e. The van der Waals surface area contributed by atoms with Gasteiger partial charge in [-0.1, -0.05) is 91.1 Å². The third kappa shape index (κ3) is 3.17. The van der Waals surface area contributed by atoms with Crippen molar-refractivity contribution in [3.05, 3.63) is 107 Å². The molecule has 1 aliphatic rings. The molecule has 0 spiro atoms. The molecular weight excluding hydrogens is 264 g/mol. The van der Waals surface area contributed by atoms with Crippen molar-refractivity contribution in [3.8, 4) is 0 Å². The number of rotatable bonds is 3. The summed E-state index contributed by atoms with van der Waals surface area (Å²) >= 11 is 0. The van der Waals surface area contributed by atoms with E-state index in [4.69, 9.17) is 0 Å². The van der Waals surface area contributed by atoms with Gasteiger partial charge in [0, 0.05) is 0 Å². The van der Waals surface area contributed by atoms with Crippen molar-refractivity contribution in [2.45, 2.75) is 13.3 Å². The summed E-state index contributed by atoms with van der Waals surface area (Å²) in [5.41, 5.74) is 7.75. The first-order valence-corrected chi connectivity index (χ1v) is 7.62. The highest BCUT2D eigenvalue weighted by Crippen LogP contribution is 2.26. The molecule has 0 bridgehead atoms. The van der Waals surface area contributed by atoms with Gasteiger partial charge in [0.2, 0.25) is 0 Å². The summed E-state index contributed by atoms with van der Waals surface area (Å²) in [6, 6.07) is 17.2. The van der Waals surface area contributed by atoms with E-state index in [-0.39, 0.29) is 0 Å². The van der Waals surface area contributed by atoms with Crippen molar-refractivity contribution in [3.63, 3.8) is 0 Å². The van der Waals surface area contributed by atoms with Gasteiger partial charge in [-0.3, -0.25) is 0 Å². The van der Waals surface area contributed by atoms with Crippen LogP contribution >= 0.6 is 0 Å². The minimum atomic E-state index is 0.979. The maximum Gasteiger partial charge on any atom is -0.00196 e. The normalized spacial score (nSPS) is 15.7. The zero-order chi connectivity index (χ0) is 15.4. The average Bonchev–Trinajstić information content (AvgIpc) is 2.55. The summed E-state index contributed by atoms with van der Waals surface area (Å²) in [4.78, 5) is 0. The van der Waals surface area contributed by atoms with Gasteiger partial charge in [-0.15, -0.1) is 0 Å². The van der Waals surface area contributed by atoms with Gasteiger partial charge in [0.05, 0.1) is 0 Å². The summed E-state index contributed by atoms with van der Waals surface area (Å²) in [6.07, 6.45) is 11.6. The highest BCUT2D eigenvalue weighted by molar-refractivity contribution is 5.77. The van der Waals surface area contributed by atoms with Crippen LogP contribution in [0.2, 0.25) is 0 Å². The first-order valence-electron chi connectivity index (χ1n) is 7.62. The highest BCUT2D eigenvalue weighted by Gasteiger charge is 2.08. The van der Waals surface area contributed by atoms with Crippen molar-refractivity contribution in [2.75, 3.05) is 0 Å². The molecule has 0 saturated heterocycles. The van der Waals surface area contributed by atoms with Crippen molar-refractivity contribution >= 4 is 11.6 Å². The Morgan fingerprint density at radius 1 is 1.00 bits per heavy atom. The van der Waals surface area contributed by atoms with Crippen LogP contribution in [0.4, 0.5) is 0 Å². The van der Waals surface area contributed by atoms with Crippen molar-refractivity contribution in [1.82, 2.24) is 0 Å². The molecule has 22 heavy (non-hydrogen) atoms. The molecule has 0 fully saturated rings. The molecule has 1 aliphatic carbocycles. The van der Waals surface area contributed by atoms with Gasteiger partial charge in [0.15, 0.2) is 0 Å². The summed E-state index contributed by atoms with van der Waals surface area (Å²) < 4.78 is 0. The maximum absolute atomic E-state index is 3.85. The molecule has 0 heterocycles. The van der Waals surface area contributed by atoms with Crippen LogP contribution in [-0.2, 0) is 6.42 Å². The van der Waals surface area contributed by atoms with Crippen LogP contribution in [0.1, 0.15) is 22.3 Å². The molecule has 2 aromatic carbocycles. The van der Waals surface area contributed by atoms with E-state index in [1.54, 1.807) is 0 Å². The Bertz CT molecular complexity index is 768. The molecule has 0 aromatic heterocycles. The van der Waals surface area contributed by atoms with Gasteiger partial charge in [0.25, 0.3) is 0 Å². The SMILES string of the molecule is C=C/C=C(\C=C1\C=Cc2ccccc2C1)c1ccc(C)cc1. The third-order valence-electron chi connectivity index (χ3n) is 3.95. The second-order valence-corrected chi connectivity index (χ2v) is 5.65. The lowest BCUT2D eigenvalue weighted by Gasteiger charge is -2.13. The van der Waals surface area contributed by atoms with Crippen LogP contribution in [-0.4, -0.2) is 0 Å². The van der Waals surface area contributed by atoms with Gasteiger partial charge in [-0.05, 0) is 41.2 Å². The fourth-order valence-corrected chi connectivity index (χ4v) is 2.73. The molecule has 0 amide bonds. The Kier molecular flexibility index (Phi) is 4.20. The molecule has 0 radical (unpaired) electrons. The van der Waals surface area contributed by atoms with Crippen LogP contribution in [0.5, 0.6) is 0 Å². The molecule has 0 aliphatic heterocycles. The minimum absolute atomic E-state index is 0.979. The van der Waals surface area contributed by atoms with Gasteiger partial charge in [0.1, 0.15) is 0 Å². The lowest BCUT2D eigenvalue weighted by Crippen LogP contribution is -1.97. The monoisotopic (exact) mass is 284 g/mol. The molecule has 0 nitrogen and oxygen atoms in total. The Labute approximate surface area is 132 Å². The van der Waals surface area contributed by atoms with Crippen LogP contribution in [0, 0.1) is 6.92 Å². The van der Waals surface area contributed by atoms with E-state index in [1.807, 2.05) is 6.08 Å². The van der Waals surface area contributed by atoms with E-state index in [0.29, 0.717) is 0 Å². The number of hydrogen-bond acceptors (Lipinski definition) is 0. The highest BCUT2D eigenvalue weighted by atomic mass is 14.1. The molecule has 0 atom stereocenters. The zero-order valence-electron chi connectivity index (χ0n) is 12.9. The molecule has 3 rings (SSSR count). The first-order chi connectivity index (χ1) is 10.8. The molecule has 0 heteroatoms. The smallest absolute Gasteiger partial charge is 0.00196 e. The molecule has 0 unspecified atom stereocenters. The predicted molar refractivity (Wildman–Crippen MR) is 96.6 cm³/mol. The van der Waals surface area contributed by atoms with E-state index in [1.165, 1.54) is 33.4 Å². The number of fused-ring (bicyclic) bond motifs is 1. The van der Waals surface area contributed by atoms with Crippen LogP contribution in [0.3, 0.4) is 0 Å². The van der Waals surface area contributed by atoms with E-state index in [9.17, 15) is 0 Å². The second kappa shape index (κ2) is 6.44. The van der Waals surface area contributed by atoms with Crippen LogP contribution in [0.15, 0.2) is 85.0 Å². The zero-order valence-corrected chi connectivity index (χ0v) is 12.9. The number of benzene rings is 2. The summed E-state index contributed by atoms with van der Waals surface area (Å²) in [5.74, 6) is 0. The third-order valence-corrected chi connectivity index (χ3v) is 3.95. The lowest BCUT2D eigenvalue weighted by atomic mass is 9.91. The average molecular weight is 284 g/mol. The van der Waals surface area contributed by atoms with E-state index >= 15 is 0 Å². The van der Waals surface area contributed by atoms with Crippen molar-refractivity contribution in [1.29, 1.82) is 0 Å². The van der Waals surface area contributed by atoms with E-state index in [0.717, 1.165) is 6.42 Å². The second-order valence-electron chi connectivity index (χ2n) is 5.65. The van der Waals surface area contributed by atoms with Crippen molar-refractivity contribution < 1.29 is 0 Å². The summed E-state index contributed by atoms with van der Waals surface area (Å²) in [6.45, 7) is 5.96. The lowest BCUT2D eigenvalue weighted by molar-refractivity contribution is 1.17. The molecule has 2 aromatic rings. The standard InChI is InChI=1S/C22H20/c1-3-6-21(20-12-9-17(2)10-13-20)15-18-11-14-19-7-4-5-8-22(19)16-18/h3-15H,1,16H2,2H3/b18-15-,21-6+. The van der Waals surface area contributed by atoms with Gasteiger partial charge in [-0.25, -0.2) is 0 Å². The van der Waals surface area contributed by atoms with Crippen LogP contribution in [0.25, 0.3) is 11.6 Å². The fourth-order valence-electron chi connectivity index (χ4n) is 2.73. The molecule has 108 valence electrons. The van der Waals surface area contributed by atoms with Gasteiger partial charge < -0.3 is 0 Å². The molecular formula is C22H20. The summed E-state index contributed by atoms with van der Waals surface area (Å²) in [5, 5.41) is 0. The Balaban J connectivity index is 1.94. The Morgan fingerprint density at radius 3 is 2.55 bits per heavy atom. The summed E-state index contributed by atoms with van der Waals surface area (Å²) in [7, 11) is 0. The predicted octanol–water partition coefficient (Wildman–Crippen LogP) is 5.76. The Hall–Kier alpha value is -2.60. The maximum atomic E-state index is 3.85. The van der Waals surface area contributed by atoms with E-state index in [2.05, 4.69) is 86.3 Å². The molecule has 0 saturated carbocycles. The number of aryl methyl sites for hydroxylation is 1. The quantitative estimate of drug-likeness (QED) is 0.628. The van der Waals surface area contributed by atoms with Crippen LogP contribution < -0.4 is 0 Å². The molecule has 0 N–H and O–H groups in total. The topological polar surface area (TPSA) is 0 Å². The van der Waals surface area contributed by atoms with Gasteiger partial charge in [-0.2, -0.15) is 0 Å². The Morgan fingerprint density at radius 2 is 1.77 bits per heavy atom. The number of allylic oxidation sites excluding steroid dienone is 6. The first kappa shape index (κ1) is 14.3. The number of hydrogen-bond donors (Lipinski definition) is 0. The fraction of sp³-hybridized carbons (Fsp3) is 0.0909. The van der Waals surface area contributed by atoms with E-state index < -0.39 is 0 Å². The van der Waals surface area contributed by atoms with Crippen molar-refractivity contribution in [2.24, 2.45) is 0 Å². The largest absolute Gasteiger partial charge is 0.0990 e.